The Labute approximate surface area is 80.2 Å². The first-order valence-corrected chi connectivity index (χ1v) is 4.65. The molecule has 0 heterocycles. The van der Waals surface area contributed by atoms with Crippen LogP contribution in [0.5, 0.6) is 0 Å². The Balaban J connectivity index is 2.59. The minimum absolute atomic E-state index is 0.291. The van der Waals surface area contributed by atoms with Gasteiger partial charge in [0.2, 0.25) is 0 Å². The maximum Gasteiger partial charge on any atom is 0.113 e. The number of halogens is 2. The van der Waals surface area contributed by atoms with E-state index in [1.165, 1.54) is 11.8 Å². The second-order valence-corrected chi connectivity index (χ2v) is 3.79. The molecule has 0 fully saturated rings. The van der Waals surface area contributed by atoms with Gasteiger partial charge in [0.25, 0.3) is 0 Å². The maximum atomic E-state index is 5.43. The first kappa shape index (κ1) is 8.98. The van der Waals surface area contributed by atoms with E-state index in [4.69, 9.17) is 23.2 Å². The van der Waals surface area contributed by atoms with E-state index < -0.39 is 0 Å². The highest BCUT2D eigenvalue weighted by atomic mass is 35.5. The quantitative estimate of drug-likeness (QED) is 0.656. The number of thioether (sulfide) groups is 1. The predicted octanol–water partition coefficient (Wildman–Crippen LogP) is 4.06. The van der Waals surface area contributed by atoms with Gasteiger partial charge in [0.15, 0.2) is 0 Å². The van der Waals surface area contributed by atoms with Gasteiger partial charge in [-0.2, -0.15) is 0 Å². The van der Waals surface area contributed by atoms with Crippen molar-refractivity contribution < 1.29 is 0 Å². The van der Waals surface area contributed by atoms with Crippen molar-refractivity contribution >= 4 is 35.0 Å². The van der Waals surface area contributed by atoms with Crippen molar-refractivity contribution in [1.82, 2.24) is 0 Å². The van der Waals surface area contributed by atoms with Gasteiger partial charge in [0.05, 0.1) is 0 Å². The van der Waals surface area contributed by atoms with Crippen LogP contribution in [0.15, 0.2) is 45.1 Å². The Morgan fingerprint density at radius 2 is 1.82 bits per heavy atom. The molecule has 0 radical (unpaired) electrons. The fourth-order valence-electron chi connectivity index (χ4n) is 0.612. The molecule has 0 nitrogen and oxygen atoms in total. The monoisotopic (exact) mass is 204 g/mol. The molecular weight excluding hydrogens is 199 g/mol. The summed E-state index contributed by atoms with van der Waals surface area (Å²) in [6.07, 6.45) is 0. The molecule has 0 N–H and O–H groups in total. The van der Waals surface area contributed by atoms with Gasteiger partial charge in [-0.25, -0.2) is 0 Å². The molecule has 0 spiro atoms. The van der Waals surface area contributed by atoms with Crippen molar-refractivity contribution in [3.63, 3.8) is 0 Å². The van der Waals surface area contributed by atoms with Crippen molar-refractivity contribution in [3.8, 4) is 0 Å². The smallest absolute Gasteiger partial charge is 0.0956 e. The molecule has 0 saturated heterocycles. The first-order chi connectivity index (χ1) is 5.29. The summed E-state index contributed by atoms with van der Waals surface area (Å²) in [6.45, 7) is 0. The molecule has 1 aromatic carbocycles. The summed E-state index contributed by atoms with van der Waals surface area (Å²) in [5.41, 5.74) is 0. The van der Waals surface area contributed by atoms with E-state index >= 15 is 0 Å². The zero-order chi connectivity index (χ0) is 8.10. The van der Waals surface area contributed by atoms with Gasteiger partial charge in [-0.1, -0.05) is 53.2 Å². The first-order valence-electron chi connectivity index (χ1n) is 3.02. The molecule has 1 rings (SSSR count). The molecule has 3 heteroatoms. The second kappa shape index (κ2) is 4.70. The molecule has 0 saturated carbocycles. The van der Waals surface area contributed by atoms with Gasteiger partial charge >= 0.3 is 0 Å². The number of hydrogen-bond acceptors (Lipinski definition) is 1. The van der Waals surface area contributed by atoms with E-state index in [1.807, 2.05) is 30.3 Å². The molecule has 0 aliphatic carbocycles. The maximum absolute atomic E-state index is 5.43. The third kappa shape index (κ3) is 3.71. The largest absolute Gasteiger partial charge is 0.113 e. The molecular formula is C8H6Cl2S. The lowest BCUT2D eigenvalue weighted by Crippen LogP contribution is -1.63. The average molecular weight is 205 g/mol. The minimum Gasteiger partial charge on any atom is -0.0956 e. The SMILES string of the molecule is ClC(Cl)=CSc1ccccc1. The van der Waals surface area contributed by atoms with E-state index in [9.17, 15) is 0 Å². The summed E-state index contributed by atoms with van der Waals surface area (Å²) in [4.78, 5) is 1.13. The van der Waals surface area contributed by atoms with E-state index in [0.29, 0.717) is 4.49 Å². The van der Waals surface area contributed by atoms with Crippen LogP contribution in [-0.2, 0) is 0 Å². The lowest BCUT2D eigenvalue weighted by atomic mass is 10.4. The highest BCUT2D eigenvalue weighted by Crippen LogP contribution is 2.22. The molecule has 0 aliphatic rings. The Bertz CT molecular complexity index is 240. The molecule has 0 amide bonds. The Kier molecular flexibility index (Phi) is 3.84. The summed E-state index contributed by atoms with van der Waals surface area (Å²) in [5.74, 6) is 0. The fraction of sp³-hybridized carbons (Fsp3) is 0. The molecule has 58 valence electrons. The number of hydrogen-bond donors (Lipinski definition) is 0. The molecule has 11 heavy (non-hydrogen) atoms. The van der Waals surface area contributed by atoms with Gasteiger partial charge in [0.1, 0.15) is 4.49 Å². The summed E-state index contributed by atoms with van der Waals surface area (Å²) in [7, 11) is 0. The van der Waals surface area contributed by atoms with Crippen LogP contribution in [0, 0.1) is 0 Å². The summed E-state index contributed by atoms with van der Waals surface area (Å²) >= 11 is 12.4. The third-order valence-corrected chi connectivity index (χ3v) is 2.40. The number of benzene rings is 1. The van der Waals surface area contributed by atoms with Gasteiger partial charge in [0, 0.05) is 10.3 Å². The minimum atomic E-state index is 0.291. The van der Waals surface area contributed by atoms with E-state index in [2.05, 4.69) is 0 Å². The van der Waals surface area contributed by atoms with E-state index in [1.54, 1.807) is 5.41 Å². The van der Waals surface area contributed by atoms with Gasteiger partial charge in [-0.15, -0.1) is 0 Å². The zero-order valence-electron chi connectivity index (χ0n) is 5.63. The van der Waals surface area contributed by atoms with Crippen LogP contribution in [0.1, 0.15) is 0 Å². The van der Waals surface area contributed by atoms with Crippen LogP contribution in [0.3, 0.4) is 0 Å². The highest BCUT2D eigenvalue weighted by molar-refractivity contribution is 8.02. The average Bonchev–Trinajstić information content (AvgIpc) is 2.03. The van der Waals surface area contributed by atoms with Crippen LogP contribution in [0.25, 0.3) is 0 Å². The summed E-state index contributed by atoms with van der Waals surface area (Å²) in [6, 6.07) is 9.91. The van der Waals surface area contributed by atoms with Crippen LogP contribution < -0.4 is 0 Å². The van der Waals surface area contributed by atoms with E-state index in [-0.39, 0.29) is 0 Å². The van der Waals surface area contributed by atoms with Crippen molar-refractivity contribution in [2.75, 3.05) is 0 Å². The van der Waals surface area contributed by atoms with Crippen LogP contribution in [0.4, 0.5) is 0 Å². The number of rotatable bonds is 2. The van der Waals surface area contributed by atoms with Crippen molar-refractivity contribution in [2.45, 2.75) is 4.90 Å². The normalized spacial score (nSPS) is 9.27. The standard InChI is InChI=1S/C8H6Cl2S/c9-8(10)6-11-7-4-2-1-3-5-7/h1-6H. The highest BCUT2D eigenvalue weighted by Gasteiger charge is 1.88. The predicted molar refractivity (Wildman–Crippen MR) is 52.1 cm³/mol. The molecule has 0 atom stereocenters. The second-order valence-electron chi connectivity index (χ2n) is 1.84. The molecule has 1 aromatic rings. The zero-order valence-corrected chi connectivity index (χ0v) is 7.96. The van der Waals surface area contributed by atoms with E-state index in [0.717, 1.165) is 4.90 Å². The lowest BCUT2D eigenvalue weighted by Gasteiger charge is -1.92. The van der Waals surface area contributed by atoms with Crippen molar-refractivity contribution in [3.05, 3.63) is 40.2 Å². The van der Waals surface area contributed by atoms with Crippen LogP contribution >= 0.6 is 35.0 Å². The lowest BCUT2D eigenvalue weighted by molar-refractivity contribution is 1.47. The Hall–Kier alpha value is -0.110. The molecule has 0 unspecified atom stereocenters. The van der Waals surface area contributed by atoms with Crippen molar-refractivity contribution in [2.24, 2.45) is 0 Å². The summed E-state index contributed by atoms with van der Waals surface area (Å²) in [5, 5.41) is 1.69. The Morgan fingerprint density at radius 3 is 2.36 bits per heavy atom. The van der Waals surface area contributed by atoms with Gasteiger partial charge in [-0.3, -0.25) is 0 Å². The fourth-order valence-corrected chi connectivity index (χ4v) is 1.42. The molecule has 0 aromatic heterocycles. The third-order valence-electron chi connectivity index (χ3n) is 1.03. The van der Waals surface area contributed by atoms with Gasteiger partial charge in [-0.05, 0) is 12.1 Å². The summed E-state index contributed by atoms with van der Waals surface area (Å²) < 4.78 is 0.291. The topological polar surface area (TPSA) is 0 Å². The van der Waals surface area contributed by atoms with Gasteiger partial charge < -0.3 is 0 Å². The molecule has 0 aliphatic heterocycles. The van der Waals surface area contributed by atoms with Crippen molar-refractivity contribution in [1.29, 1.82) is 0 Å². The Morgan fingerprint density at radius 1 is 1.18 bits per heavy atom. The van der Waals surface area contributed by atoms with Crippen LogP contribution in [0.2, 0.25) is 0 Å². The molecule has 0 bridgehead atoms. The van der Waals surface area contributed by atoms with Crippen LogP contribution in [-0.4, -0.2) is 0 Å².